The van der Waals surface area contributed by atoms with Gasteiger partial charge in [-0.15, -0.1) is 0 Å². The topological polar surface area (TPSA) is 124 Å². The van der Waals surface area contributed by atoms with Gasteiger partial charge in [-0.3, -0.25) is 4.55 Å². The van der Waals surface area contributed by atoms with E-state index in [0.29, 0.717) is 6.42 Å². The maximum Gasteiger partial charge on any atom is 0.295 e. The molecule has 0 aliphatic carbocycles. The van der Waals surface area contributed by atoms with Gasteiger partial charge in [0.1, 0.15) is 16.5 Å². The summed E-state index contributed by atoms with van der Waals surface area (Å²) < 4.78 is 76.9. The van der Waals surface area contributed by atoms with Crippen molar-refractivity contribution in [2.75, 3.05) is 6.61 Å². The molecule has 0 aliphatic rings. The van der Waals surface area contributed by atoms with E-state index in [2.05, 4.69) is 0 Å². The van der Waals surface area contributed by atoms with E-state index in [4.69, 9.17) is 9.88 Å². The van der Waals surface area contributed by atoms with Gasteiger partial charge in [-0.05, 0) is 30.7 Å². The summed E-state index contributed by atoms with van der Waals surface area (Å²) in [5.41, 5.74) is -0.969. The van der Waals surface area contributed by atoms with Gasteiger partial charge in [-0.2, -0.15) is 8.42 Å². The Balaban J connectivity index is 2.88. The highest BCUT2D eigenvalue weighted by atomic mass is 32.2. The van der Waals surface area contributed by atoms with Crippen LogP contribution >= 0.6 is 0 Å². The van der Waals surface area contributed by atoms with Gasteiger partial charge in [0.05, 0.1) is 17.1 Å². The minimum absolute atomic E-state index is 0.0561. The molecule has 0 spiro atoms. The third-order valence-corrected chi connectivity index (χ3v) is 5.40. The SMILES string of the molecule is CCCCOc1cccc(F)c1-c1c(S(N)(=O)=O)cccc1S(=O)(=O)O. The monoisotopic (exact) mass is 403 g/mol. The van der Waals surface area contributed by atoms with Crippen molar-refractivity contribution in [3.8, 4) is 16.9 Å². The second-order valence-electron chi connectivity index (χ2n) is 5.46. The lowest BCUT2D eigenvalue weighted by Crippen LogP contribution is -2.16. The average molecular weight is 403 g/mol. The van der Waals surface area contributed by atoms with Gasteiger partial charge in [0, 0.05) is 5.56 Å². The van der Waals surface area contributed by atoms with Crippen molar-refractivity contribution in [3.05, 3.63) is 42.2 Å². The third kappa shape index (κ3) is 4.39. The fraction of sp³-hybridized carbons (Fsp3) is 0.250. The van der Waals surface area contributed by atoms with Crippen molar-refractivity contribution in [1.29, 1.82) is 0 Å². The fourth-order valence-electron chi connectivity index (χ4n) is 2.40. The van der Waals surface area contributed by atoms with Crippen molar-refractivity contribution in [2.45, 2.75) is 29.6 Å². The molecule has 7 nitrogen and oxygen atoms in total. The van der Waals surface area contributed by atoms with Crippen molar-refractivity contribution >= 4 is 20.1 Å². The molecule has 142 valence electrons. The van der Waals surface area contributed by atoms with Gasteiger partial charge in [-0.25, -0.2) is 17.9 Å². The molecule has 26 heavy (non-hydrogen) atoms. The summed E-state index contributed by atoms with van der Waals surface area (Å²) in [6.45, 7) is 2.13. The van der Waals surface area contributed by atoms with Gasteiger partial charge in [0.15, 0.2) is 0 Å². The summed E-state index contributed by atoms with van der Waals surface area (Å²) in [7, 11) is -9.29. The Morgan fingerprint density at radius 3 is 2.23 bits per heavy atom. The zero-order valence-electron chi connectivity index (χ0n) is 13.8. The molecule has 0 saturated carbocycles. The molecule has 0 unspecified atom stereocenters. The smallest absolute Gasteiger partial charge is 0.295 e. The first-order valence-corrected chi connectivity index (χ1v) is 10.6. The lowest BCUT2D eigenvalue weighted by Gasteiger charge is -2.17. The van der Waals surface area contributed by atoms with Crippen LogP contribution in [0, 0.1) is 5.82 Å². The molecular formula is C16H18FNO6S2. The molecule has 0 heterocycles. The molecule has 0 atom stereocenters. The van der Waals surface area contributed by atoms with Gasteiger partial charge in [-0.1, -0.05) is 25.5 Å². The van der Waals surface area contributed by atoms with Crippen LogP contribution in [-0.2, 0) is 20.1 Å². The van der Waals surface area contributed by atoms with E-state index < -0.39 is 46.9 Å². The highest BCUT2D eigenvalue weighted by Crippen LogP contribution is 2.40. The molecule has 2 aromatic carbocycles. The largest absolute Gasteiger partial charge is 0.493 e. The van der Waals surface area contributed by atoms with E-state index in [1.165, 1.54) is 12.1 Å². The number of rotatable bonds is 7. The van der Waals surface area contributed by atoms with Gasteiger partial charge < -0.3 is 4.74 Å². The fourth-order valence-corrected chi connectivity index (χ4v) is 3.95. The second kappa shape index (κ2) is 7.70. The minimum atomic E-state index is -4.87. The molecule has 3 N–H and O–H groups in total. The van der Waals surface area contributed by atoms with Crippen LogP contribution in [0.5, 0.6) is 5.75 Å². The van der Waals surface area contributed by atoms with Crippen LogP contribution in [0.3, 0.4) is 0 Å². The summed E-state index contributed by atoms with van der Waals surface area (Å²) in [4.78, 5) is -1.42. The van der Waals surface area contributed by atoms with E-state index in [9.17, 15) is 25.8 Å². The molecular weight excluding hydrogens is 385 g/mol. The van der Waals surface area contributed by atoms with Crippen LogP contribution in [0.1, 0.15) is 19.8 Å². The first-order valence-electron chi connectivity index (χ1n) is 7.62. The number of unbranched alkanes of at least 4 members (excludes halogenated alkanes) is 1. The van der Waals surface area contributed by atoms with Crippen molar-refractivity contribution < 1.29 is 30.5 Å². The van der Waals surface area contributed by atoms with Crippen molar-refractivity contribution in [3.63, 3.8) is 0 Å². The van der Waals surface area contributed by atoms with Crippen LogP contribution < -0.4 is 9.88 Å². The Hall–Kier alpha value is -2.01. The van der Waals surface area contributed by atoms with E-state index in [0.717, 1.165) is 30.7 Å². The average Bonchev–Trinajstić information content (AvgIpc) is 2.53. The van der Waals surface area contributed by atoms with Crippen LogP contribution in [0.15, 0.2) is 46.2 Å². The number of primary sulfonamides is 1. The predicted octanol–water partition coefficient (Wildman–Crippen LogP) is 2.57. The lowest BCUT2D eigenvalue weighted by molar-refractivity contribution is 0.309. The van der Waals surface area contributed by atoms with E-state index in [1.807, 2.05) is 6.92 Å². The zero-order chi connectivity index (χ0) is 19.5. The van der Waals surface area contributed by atoms with E-state index in [1.54, 1.807) is 0 Å². The Labute approximate surface area is 151 Å². The summed E-state index contributed by atoms with van der Waals surface area (Å²) >= 11 is 0. The zero-order valence-corrected chi connectivity index (χ0v) is 15.5. The third-order valence-electron chi connectivity index (χ3n) is 3.55. The maximum atomic E-state index is 14.6. The molecule has 0 aromatic heterocycles. The molecule has 0 fully saturated rings. The number of halogens is 1. The quantitative estimate of drug-likeness (QED) is 0.541. The van der Waals surface area contributed by atoms with Crippen molar-refractivity contribution in [1.82, 2.24) is 0 Å². The molecule has 0 radical (unpaired) electrons. The molecule has 2 aromatic rings. The number of nitrogens with two attached hydrogens (primary N) is 1. The Morgan fingerprint density at radius 2 is 1.65 bits per heavy atom. The first-order chi connectivity index (χ1) is 12.1. The minimum Gasteiger partial charge on any atom is -0.493 e. The summed E-state index contributed by atoms with van der Waals surface area (Å²) in [5, 5.41) is 5.16. The molecule has 10 heteroatoms. The Kier molecular flexibility index (Phi) is 6.02. The van der Waals surface area contributed by atoms with Gasteiger partial charge in [0.2, 0.25) is 10.0 Å². The van der Waals surface area contributed by atoms with Crippen LogP contribution in [-0.4, -0.2) is 28.0 Å². The van der Waals surface area contributed by atoms with E-state index >= 15 is 0 Å². The van der Waals surface area contributed by atoms with Crippen LogP contribution in [0.25, 0.3) is 11.1 Å². The van der Waals surface area contributed by atoms with E-state index in [-0.39, 0.29) is 12.4 Å². The van der Waals surface area contributed by atoms with Gasteiger partial charge >= 0.3 is 0 Å². The number of hydrogen-bond acceptors (Lipinski definition) is 5. The number of benzene rings is 2. The Bertz CT molecular complexity index is 969. The van der Waals surface area contributed by atoms with Crippen LogP contribution in [0.2, 0.25) is 0 Å². The lowest BCUT2D eigenvalue weighted by atomic mass is 10.0. The molecule has 0 amide bonds. The molecule has 0 aliphatic heterocycles. The first kappa shape index (κ1) is 20.3. The number of ether oxygens (including phenoxy) is 1. The summed E-state index contributed by atoms with van der Waals surface area (Å²) in [5.74, 6) is -0.973. The normalized spacial score (nSPS) is 12.2. The second-order valence-corrected chi connectivity index (χ2v) is 8.38. The Morgan fingerprint density at radius 1 is 1.04 bits per heavy atom. The summed E-state index contributed by atoms with van der Waals surface area (Å²) in [6.07, 6.45) is 1.45. The predicted molar refractivity (Wildman–Crippen MR) is 93.4 cm³/mol. The standard InChI is InChI=1S/C16H18FNO6S2/c1-2-3-10-24-12-7-4-6-11(17)15(12)16-13(25(18,19)20)8-5-9-14(16)26(21,22)23/h4-9H,2-3,10H2,1H3,(H2,18,19,20)(H,21,22,23). The molecule has 2 rings (SSSR count). The van der Waals surface area contributed by atoms with Crippen molar-refractivity contribution in [2.24, 2.45) is 5.14 Å². The highest BCUT2D eigenvalue weighted by molar-refractivity contribution is 7.89. The van der Waals surface area contributed by atoms with Gasteiger partial charge in [0.25, 0.3) is 10.1 Å². The number of sulfonamides is 1. The number of hydrogen-bond donors (Lipinski definition) is 2. The summed E-state index contributed by atoms with van der Waals surface area (Å²) in [6, 6.07) is 6.82. The molecule has 0 bridgehead atoms. The maximum absolute atomic E-state index is 14.6. The van der Waals surface area contributed by atoms with Crippen LogP contribution in [0.4, 0.5) is 4.39 Å². The highest BCUT2D eigenvalue weighted by Gasteiger charge is 2.28. The molecule has 0 saturated heterocycles.